The third-order valence-corrected chi connectivity index (χ3v) is 2.71. The highest BCUT2D eigenvalue weighted by molar-refractivity contribution is 9.11. The van der Waals surface area contributed by atoms with Gasteiger partial charge in [-0.25, -0.2) is 0 Å². The average Bonchev–Trinajstić information content (AvgIpc) is 2.01. The molecule has 0 fully saturated rings. The predicted octanol–water partition coefficient (Wildman–Crippen LogP) is 3.28. The normalized spacial score (nSPS) is 12.6. The Labute approximate surface area is 101 Å². The third-order valence-electron chi connectivity index (χ3n) is 1.66. The second-order valence-electron chi connectivity index (χ2n) is 3.19. The maximum absolute atomic E-state index is 9.10. The van der Waals surface area contributed by atoms with E-state index in [2.05, 4.69) is 31.9 Å². The van der Waals surface area contributed by atoms with Crippen molar-refractivity contribution in [2.75, 3.05) is 6.61 Å². The molecule has 0 aliphatic rings. The van der Waals surface area contributed by atoms with Gasteiger partial charge in [0.25, 0.3) is 0 Å². The number of ether oxygens (including phenoxy) is 1. The van der Waals surface area contributed by atoms with Gasteiger partial charge in [-0.1, -0.05) is 15.9 Å². The molecule has 0 aliphatic carbocycles. The van der Waals surface area contributed by atoms with Gasteiger partial charge in [-0.05, 0) is 47.5 Å². The minimum absolute atomic E-state index is 0.307. The Morgan fingerprint density at radius 1 is 1.43 bits per heavy atom. The first-order valence-corrected chi connectivity index (χ1v) is 5.86. The number of hydrogen-bond acceptors (Lipinski definition) is 2. The first kappa shape index (κ1) is 12.0. The van der Waals surface area contributed by atoms with Crippen molar-refractivity contribution in [3.8, 4) is 5.75 Å². The molecule has 1 aromatic carbocycles. The number of aryl methyl sites for hydroxylation is 1. The summed E-state index contributed by atoms with van der Waals surface area (Å²) in [5, 5.41) is 9.10. The van der Waals surface area contributed by atoms with E-state index in [1.54, 1.807) is 6.92 Å². The highest BCUT2D eigenvalue weighted by Crippen LogP contribution is 2.32. The lowest BCUT2D eigenvalue weighted by Gasteiger charge is -2.12. The van der Waals surface area contributed by atoms with Crippen LogP contribution in [-0.2, 0) is 0 Å². The molecule has 0 bridgehead atoms. The van der Waals surface area contributed by atoms with Crippen LogP contribution in [0.25, 0.3) is 0 Å². The summed E-state index contributed by atoms with van der Waals surface area (Å²) in [5.41, 5.74) is 1.03. The van der Waals surface area contributed by atoms with Gasteiger partial charge in [0, 0.05) is 4.47 Å². The lowest BCUT2D eigenvalue weighted by molar-refractivity contribution is 0.122. The Bertz CT molecular complexity index is 301. The summed E-state index contributed by atoms with van der Waals surface area (Å²) in [6, 6.07) is 3.90. The van der Waals surface area contributed by atoms with Crippen LogP contribution in [0, 0.1) is 6.92 Å². The number of aliphatic hydroxyl groups is 1. The number of aliphatic hydroxyl groups excluding tert-OH is 1. The van der Waals surface area contributed by atoms with E-state index in [4.69, 9.17) is 9.84 Å². The quantitative estimate of drug-likeness (QED) is 0.925. The van der Waals surface area contributed by atoms with Gasteiger partial charge in [0.05, 0.1) is 10.6 Å². The number of rotatable bonds is 3. The van der Waals surface area contributed by atoms with Gasteiger partial charge in [0.2, 0.25) is 0 Å². The van der Waals surface area contributed by atoms with Gasteiger partial charge in [-0.3, -0.25) is 0 Å². The molecule has 78 valence electrons. The topological polar surface area (TPSA) is 29.5 Å². The Morgan fingerprint density at radius 3 is 2.57 bits per heavy atom. The maximum atomic E-state index is 9.10. The van der Waals surface area contributed by atoms with Gasteiger partial charge in [0.15, 0.2) is 0 Å². The number of hydrogen-bond donors (Lipinski definition) is 1. The smallest absolute Gasteiger partial charge is 0.136 e. The Morgan fingerprint density at radius 2 is 2.07 bits per heavy atom. The molecule has 2 nitrogen and oxygen atoms in total. The van der Waals surface area contributed by atoms with Gasteiger partial charge in [-0.2, -0.15) is 0 Å². The summed E-state index contributed by atoms with van der Waals surface area (Å²) in [4.78, 5) is 0. The molecule has 0 spiro atoms. The van der Waals surface area contributed by atoms with Crippen molar-refractivity contribution < 1.29 is 9.84 Å². The Hall–Kier alpha value is -0.0600. The summed E-state index contributed by atoms with van der Waals surface area (Å²) >= 11 is 6.80. The summed E-state index contributed by atoms with van der Waals surface area (Å²) in [6.07, 6.45) is -0.454. The highest BCUT2D eigenvalue weighted by Gasteiger charge is 2.07. The summed E-state index contributed by atoms with van der Waals surface area (Å²) in [6.45, 7) is 3.97. The number of benzene rings is 1. The zero-order chi connectivity index (χ0) is 10.7. The fourth-order valence-electron chi connectivity index (χ4n) is 1.08. The minimum Gasteiger partial charge on any atom is -0.489 e. The van der Waals surface area contributed by atoms with Crippen LogP contribution in [0.3, 0.4) is 0 Å². The van der Waals surface area contributed by atoms with E-state index in [1.165, 1.54) is 0 Å². The molecule has 1 atom stereocenters. The Balaban J connectivity index is 2.86. The van der Waals surface area contributed by atoms with Crippen LogP contribution in [0.5, 0.6) is 5.75 Å². The van der Waals surface area contributed by atoms with Gasteiger partial charge < -0.3 is 9.84 Å². The van der Waals surface area contributed by atoms with Crippen molar-refractivity contribution in [2.45, 2.75) is 20.0 Å². The average molecular weight is 324 g/mol. The summed E-state index contributed by atoms with van der Waals surface area (Å²) < 4.78 is 7.37. The van der Waals surface area contributed by atoms with Crippen molar-refractivity contribution in [3.63, 3.8) is 0 Å². The molecule has 1 unspecified atom stereocenters. The molecule has 0 aliphatic heterocycles. The molecule has 0 heterocycles. The molecule has 0 saturated heterocycles. The Kier molecular flexibility index (Phi) is 4.41. The molecule has 0 radical (unpaired) electrons. The molecule has 1 N–H and O–H groups in total. The molecule has 0 saturated carbocycles. The van der Waals surface area contributed by atoms with Crippen molar-refractivity contribution >= 4 is 31.9 Å². The molecule has 1 aromatic rings. The molecule has 1 rings (SSSR count). The van der Waals surface area contributed by atoms with E-state index in [9.17, 15) is 0 Å². The van der Waals surface area contributed by atoms with E-state index < -0.39 is 6.10 Å². The lowest BCUT2D eigenvalue weighted by atomic mass is 10.2. The first-order valence-electron chi connectivity index (χ1n) is 4.27. The fraction of sp³-hybridized carbons (Fsp3) is 0.400. The van der Waals surface area contributed by atoms with Crippen LogP contribution >= 0.6 is 31.9 Å². The molecular formula is C10H12Br2O2. The predicted molar refractivity (Wildman–Crippen MR) is 63.8 cm³/mol. The van der Waals surface area contributed by atoms with Crippen LogP contribution in [0.4, 0.5) is 0 Å². The van der Waals surface area contributed by atoms with Crippen LogP contribution in [0.2, 0.25) is 0 Å². The zero-order valence-corrected chi connectivity index (χ0v) is 11.2. The standard InChI is InChI=1S/C10H12Br2O2/c1-6-3-8(11)4-9(12)10(6)14-5-7(2)13/h3-4,7,13H,5H2,1-2H3. The van der Waals surface area contributed by atoms with Crippen LogP contribution < -0.4 is 4.74 Å². The zero-order valence-electron chi connectivity index (χ0n) is 8.05. The second kappa shape index (κ2) is 5.14. The second-order valence-corrected chi connectivity index (χ2v) is 4.96. The van der Waals surface area contributed by atoms with Crippen molar-refractivity contribution in [1.82, 2.24) is 0 Å². The lowest BCUT2D eigenvalue weighted by Crippen LogP contribution is -2.13. The van der Waals surface area contributed by atoms with Crippen molar-refractivity contribution in [3.05, 3.63) is 26.6 Å². The minimum atomic E-state index is -0.454. The van der Waals surface area contributed by atoms with E-state index in [0.717, 1.165) is 20.3 Å². The molecule has 14 heavy (non-hydrogen) atoms. The fourth-order valence-corrected chi connectivity index (χ4v) is 2.63. The monoisotopic (exact) mass is 322 g/mol. The van der Waals surface area contributed by atoms with Crippen molar-refractivity contribution in [2.24, 2.45) is 0 Å². The molecule has 4 heteroatoms. The van der Waals surface area contributed by atoms with Crippen molar-refractivity contribution in [1.29, 1.82) is 0 Å². The van der Waals surface area contributed by atoms with Gasteiger partial charge in [-0.15, -0.1) is 0 Å². The van der Waals surface area contributed by atoms with Crippen LogP contribution in [0.1, 0.15) is 12.5 Å². The first-order chi connectivity index (χ1) is 6.50. The highest BCUT2D eigenvalue weighted by atomic mass is 79.9. The summed E-state index contributed by atoms with van der Waals surface area (Å²) in [5.74, 6) is 0.786. The summed E-state index contributed by atoms with van der Waals surface area (Å²) in [7, 11) is 0. The van der Waals surface area contributed by atoms with E-state index >= 15 is 0 Å². The largest absolute Gasteiger partial charge is 0.489 e. The van der Waals surface area contributed by atoms with E-state index in [0.29, 0.717) is 6.61 Å². The number of halogens is 2. The van der Waals surface area contributed by atoms with E-state index in [1.807, 2.05) is 19.1 Å². The molecule has 0 aromatic heterocycles. The SMILES string of the molecule is Cc1cc(Br)cc(Br)c1OCC(C)O. The van der Waals surface area contributed by atoms with Gasteiger partial charge in [0.1, 0.15) is 12.4 Å². The van der Waals surface area contributed by atoms with Crippen LogP contribution in [-0.4, -0.2) is 17.8 Å². The third kappa shape index (κ3) is 3.26. The van der Waals surface area contributed by atoms with Crippen LogP contribution in [0.15, 0.2) is 21.1 Å². The maximum Gasteiger partial charge on any atom is 0.136 e. The van der Waals surface area contributed by atoms with Gasteiger partial charge >= 0.3 is 0 Å². The molecule has 0 amide bonds. The van der Waals surface area contributed by atoms with E-state index in [-0.39, 0.29) is 0 Å². The molecular weight excluding hydrogens is 312 g/mol.